The quantitative estimate of drug-likeness (QED) is 0.149. The van der Waals surface area contributed by atoms with Gasteiger partial charge in [-0.15, -0.1) is 6.58 Å². The Labute approximate surface area is 196 Å². The average molecular weight is 455 g/mol. The molecule has 1 aliphatic rings. The van der Waals surface area contributed by atoms with Crippen molar-refractivity contribution in [3.8, 4) is 11.5 Å². The molecule has 0 atom stereocenters. The third-order valence-electron chi connectivity index (χ3n) is 5.46. The van der Waals surface area contributed by atoms with E-state index in [4.69, 9.17) is 9.47 Å². The van der Waals surface area contributed by atoms with Gasteiger partial charge >= 0.3 is 0 Å². The number of hydrogen-bond donors (Lipinski definition) is 0. The molecule has 3 aromatic carbocycles. The molecule has 7 heteroatoms. The number of methoxy groups -OCH3 is 1. The normalized spacial score (nSPS) is 12.3. The first kappa shape index (κ1) is 22.7. The topological polar surface area (TPSA) is 95.7 Å². The van der Waals surface area contributed by atoms with Crippen molar-refractivity contribution in [2.75, 3.05) is 7.11 Å². The van der Waals surface area contributed by atoms with Crippen LogP contribution in [0.4, 0.5) is 5.69 Å². The van der Waals surface area contributed by atoms with Gasteiger partial charge in [0.1, 0.15) is 6.61 Å². The van der Waals surface area contributed by atoms with Gasteiger partial charge in [0.05, 0.1) is 17.6 Å². The predicted molar refractivity (Wildman–Crippen MR) is 127 cm³/mol. The highest BCUT2D eigenvalue weighted by Gasteiger charge is 2.32. The summed E-state index contributed by atoms with van der Waals surface area (Å²) >= 11 is 0. The van der Waals surface area contributed by atoms with E-state index < -0.39 is 4.92 Å². The van der Waals surface area contributed by atoms with Crippen molar-refractivity contribution in [2.24, 2.45) is 0 Å². The summed E-state index contributed by atoms with van der Waals surface area (Å²) in [7, 11) is 1.49. The Bertz CT molecular complexity index is 1320. The Morgan fingerprint density at radius 1 is 1.00 bits per heavy atom. The largest absolute Gasteiger partial charge is 0.493 e. The van der Waals surface area contributed by atoms with Crippen LogP contribution in [0.1, 0.15) is 37.4 Å². The number of ether oxygens (including phenoxy) is 2. The number of nitro benzene ring substituents is 1. The lowest BCUT2D eigenvalue weighted by molar-refractivity contribution is -0.384. The highest BCUT2D eigenvalue weighted by Crippen LogP contribution is 2.36. The second kappa shape index (κ2) is 9.54. The minimum absolute atomic E-state index is 0.0201. The number of carbonyl (C=O) groups excluding carboxylic acids is 2. The number of Topliss-reactive ketones (excluding diaryl/α,β-unsaturated/α-hetero) is 2. The molecule has 0 spiro atoms. The smallest absolute Gasteiger partial charge is 0.269 e. The molecule has 0 fully saturated rings. The van der Waals surface area contributed by atoms with Gasteiger partial charge in [0, 0.05) is 28.8 Å². The van der Waals surface area contributed by atoms with Crippen LogP contribution in [0.15, 0.2) is 78.9 Å². The molecule has 0 N–H and O–H groups in total. The van der Waals surface area contributed by atoms with Gasteiger partial charge in [-0.05, 0) is 35.8 Å². The van der Waals surface area contributed by atoms with Crippen LogP contribution >= 0.6 is 0 Å². The van der Waals surface area contributed by atoms with Gasteiger partial charge < -0.3 is 9.47 Å². The molecular weight excluding hydrogens is 434 g/mol. The van der Waals surface area contributed by atoms with Gasteiger partial charge in [-0.3, -0.25) is 19.7 Å². The molecule has 0 radical (unpaired) electrons. The maximum atomic E-state index is 12.8. The highest BCUT2D eigenvalue weighted by atomic mass is 16.6. The number of fused-ring (bicyclic) bond motifs is 1. The minimum Gasteiger partial charge on any atom is -0.493 e. The highest BCUT2D eigenvalue weighted by molar-refractivity contribution is 6.41. The summed E-state index contributed by atoms with van der Waals surface area (Å²) in [4.78, 5) is 36.1. The van der Waals surface area contributed by atoms with Gasteiger partial charge in [0.2, 0.25) is 0 Å². The molecule has 0 heterocycles. The van der Waals surface area contributed by atoms with E-state index in [2.05, 4.69) is 6.58 Å². The van der Waals surface area contributed by atoms with E-state index in [1.807, 2.05) is 6.07 Å². The van der Waals surface area contributed by atoms with E-state index in [0.29, 0.717) is 40.2 Å². The van der Waals surface area contributed by atoms with Crippen molar-refractivity contribution in [3.63, 3.8) is 0 Å². The van der Waals surface area contributed by atoms with Gasteiger partial charge in [-0.25, -0.2) is 0 Å². The first-order valence-corrected chi connectivity index (χ1v) is 10.5. The molecule has 0 bridgehead atoms. The minimum atomic E-state index is -0.459. The fourth-order valence-electron chi connectivity index (χ4n) is 3.87. The maximum absolute atomic E-state index is 12.8. The molecule has 7 nitrogen and oxygen atoms in total. The predicted octanol–water partition coefficient (Wildman–Crippen LogP) is 5.37. The van der Waals surface area contributed by atoms with Crippen LogP contribution < -0.4 is 9.47 Å². The Hall–Kier alpha value is -4.52. The molecular formula is C27H21NO6. The molecule has 0 aliphatic heterocycles. The van der Waals surface area contributed by atoms with Crippen LogP contribution in [0.3, 0.4) is 0 Å². The molecule has 0 unspecified atom stereocenters. The first-order valence-electron chi connectivity index (χ1n) is 10.5. The lowest BCUT2D eigenvalue weighted by Crippen LogP contribution is -2.03. The number of nitrogens with zero attached hydrogens (tertiary/aromatic N) is 1. The number of ketones is 2. The van der Waals surface area contributed by atoms with Crippen molar-refractivity contribution in [3.05, 3.63) is 117 Å². The van der Waals surface area contributed by atoms with Crippen LogP contribution in [-0.2, 0) is 13.0 Å². The molecule has 170 valence electrons. The van der Waals surface area contributed by atoms with Gasteiger partial charge in [-0.1, -0.05) is 42.5 Å². The Morgan fingerprint density at radius 2 is 1.71 bits per heavy atom. The van der Waals surface area contributed by atoms with Crippen molar-refractivity contribution < 1.29 is 24.0 Å². The van der Waals surface area contributed by atoms with E-state index in [-0.39, 0.29) is 29.4 Å². The molecule has 0 aromatic heterocycles. The second-order valence-corrected chi connectivity index (χ2v) is 7.68. The summed E-state index contributed by atoms with van der Waals surface area (Å²) < 4.78 is 11.5. The van der Waals surface area contributed by atoms with Crippen LogP contribution in [0.2, 0.25) is 0 Å². The number of non-ortho nitro benzene ring substituents is 1. The van der Waals surface area contributed by atoms with Gasteiger partial charge in [0.15, 0.2) is 23.1 Å². The fraction of sp³-hybridized carbons (Fsp3) is 0.111. The number of nitro groups is 1. The molecule has 1 aliphatic carbocycles. The summed E-state index contributed by atoms with van der Waals surface area (Å²) in [6, 6.07) is 16.4. The van der Waals surface area contributed by atoms with Crippen molar-refractivity contribution >= 4 is 23.3 Å². The molecule has 4 rings (SSSR count). The summed E-state index contributed by atoms with van der Waals surface area (Å²) in [5.74, 6) is 0.252. The molecule has 3 aromatic rings. The van der Waals surface area contributed by atoms with Crippen LogP contribution in [0, 0.1) is 10.1 Å². The number of carbonyl (C=O) groups is 2. The van der Waals surface area contributed by atoms with E-state index in [1.165, 1.54) is 19.2 Å². The fourth-order valence-corrected chi connectivity index (χ4v) is 3.87. The molecule has 0 saturated carbocycles. The standard InChI is InChI=1S/C27H21NO6/c1-3-7-19-12-18(14-23-25(29)21-10-4-5-11-22(21)26(23)30)15-24(33-2)27(19)34-16-17-8-6-9-20(13-17)28(31)32/h3-6,8-15H,1,7,16H2,2H3. The Kier molecular flexibility index (Phi) is 6.36. The van der Waals surface area contributed by atoms with Crippen LogP contribution in [0.5, 0.6) is 11.5 Å². The van der Waals surface area contributed by atoms with Gasteiger partial charge in [0.25, 0.3) is 5.69 Å². The van der Waals surface area contributed by atoms with Gasteiger partial charge in [-0.2, -0.15) is 0 Å². The van der Waals surface area contributed by atoms with E-state index >= 15 is 0 Å². The first-order chi connectivity index (χ1) is 16.4. The lowest BCUT2D eigenvalue weighted by atomic mass is 10.0. The Balaban J connectivity index is 1.68. The second-order valence-electron chi connectivity index (χ2n) is 7.68. The Morgan fingerprint density at radius 3 is 2.32 bits per heavy atom. The van der Waals surface area contributed by atoms with E-state index in [1.54, 1.807) is 54.6 Å². The molecule has 34 heavy (non-hydrogen) atoms. The number of benzene rings is 3. The van der Waals surface area contributed by atoms with Crippen LogP contribution in [0.25, 0.3) is 6.08 Å². The molecule has 0 saturated heterocycles. The maximum Gasteiger partial charge on any atom is 0.269 e. The van der Waals surface area contributed by atoms with E-state index in [9.17, 15) is 19.7 Å². The number of hydrogen-bond acceptors (Lipinski definition) is 6. The SMILES string of the molecule is C=CCc1cc(C=C2C(=O)c3ccccc3C2=O)cc(OC)c1OCc1cccc([N+](=O)[O-])c1. The average Bonchev–Trinajstić information content (AvgIpc) is 3.08. The molecule has 0 amide bonds. The van der Waals surface area contributed by atoms with Crippen molar-refractivity contribution in [1.82, 2.24) is 0 Å². The summed E-state index contributed by atoms with van der Waals surface area (Å²) in [5, 5.41) is 11.0. The van der Waals surface area contributed by atoms with E-state index in [0.717, 1.165) is 5.56 Å². The van der Waals surface area contributed by atoms with Crippen molar-refractivity contribution in [1.29, 1.82) is 0 Å². The summed E-state index contributed by atoms with van der Waals surface area (Å²) in [6.07, 6.45) is 3.71. The third-order valence-corrected chi connectivity index (χ3v) is 5.46. The lowest BCUT2D eigenvalue weighted by Gasteiger charge is -2.16. The zero-order valence-electron chi connectivity index (χ0n) is 18.4. The number of rotatable bonds is 8. The van der Waals surface area contributed by atoms with Crippen molar-refractivity contribution in [2.45, 2.75) is 13.0 Å². The summed E-state index contributed by atoms with van der Waals surface area (Å²) in [6.45, 7) is 3.88. The zero-order valence-corrected chi connectivity index (χ0v) is 18.4. The zero-order chi connectivity index (χ0) is 24.2. The monoisotopic (exact) mass is 455 g/mol. The third kappa shape index (κ3) is 4.36. The number of allylic oxidation sites excluding steroid dienone is 2. The summed E-state index contributed by atoms with van der Waals surface area (Å²) in [5.41, 5.74) is 2.85. The van der Waals surface area contributed by atoms with Crippen LogP contribution in [-0.4, -0.2) is 23.6 Å².